The van der Waals surface area contributed by atoms with Gasteiger partial charge in [0.2, 0.25) is 0 Å². The first kappa shape index (κ1) is 13.7. The van der Waals surface area contributed by atoms with Gasteiger partial charge in [0.1, 0.15) is 5.75 Å². The van der Waals surface area contributed by atoms with Crippen molar-refractivity contribution in [3.8, 4) is 5.75 Å². The molecule has 0 amide bonds. The summed E-state index contributed by atoms with van der Waals surface area (Å²) in [5, 5.41) is 3.58. The van der Waals surface area contributed by atoms with Crippen LogP contribution in [0.15, 0.2) is 22.7 Å². The average Bonchev–Trinajstić information content (AvgIpc) is 2.39. The fraction of sp³-hybridized carbons (Fsp3) is 0.571. The molecule has 1 heterocycles. The molecule has 4 heteroatoms. The van der Waals surface area contributed by atoms with Crippen molar-refractivity contribution in [3.63, 3.8) is 0 Å². The van der Waals surface area contributed by atoms with Crippen molar-refractivity contribution in [2.75, 3.05) is 31.6 Å². The molecule has 0 saturated carbocycles. The van der Waals surface area contributed by atoms with Crippen molar-refractivity contribution in [1.82, 2.24) is 5.32 Å². The van der Waals surface area contributed by atoms with Gasteiger partial charge in [-0.1, -0.05) is 29.8 Å². The molecular weight excluding hydrogens is 292 g/mol. The quantitative estimate of drug-likeness (QED) is 0.929. The van der Waals surface area contributed by atoms with Gasteiger partial charge in [0.25, 0.3) is 0 Å². The van der Waals surface area contributed by atoms with Gasteiger partial charge in [0.15, 0.2) is 0 Å². The van der Waals surface area contributed by atoms with Crippen LogP contribution in [0.4, 0.5) is 5.69 Å². The van der Waals surface area contributed by atoms with Gasteiger partial charge in [0, 0.05) is 30.1 Å². The number of hydrogen-bond acceptors (Lipinski definition) is 3. The zero-order chi connectivity index (χ0) is 13.1. The fourth-order valence-electron chi connectivity index (χ4n) is 2.35. The molecule has 0 aromatic heterocycles. The summed E-state index contributed by atoms with van der Waals surface area (Å²) >= 11 is 3.54. The maximum Gasteiger partial charge on any atom is 0.142 e. The summed E-state index contributed by atoms with van der Waals surface area (Å²) in [5.41, 5.74) is 1.18. The number of hydrogen-bond donors (Lipinski definition) is 1. The Kier molecular flexibility index (Phi) is 4.51. The van der Waals surface area contributed by atoms with Crippen LogP contribution < -0.4 is 15.0 Å². The lowest BCUT2D eigenvalue weighted by Gasteiger charge is -2.37. The SMILES string of the molecule is COc1ccc(Br)cc1N1CCNC(C(C)C)C1. The lowest BCUT2D eigenvalue weighted by atomic mass is 10.0. The van der Waals surface area contributed by atoms with Gasteiger partial charge in [-0.25, -0.2) is 0 Å². The highest BCUT2D eigenvalue weighted by atomic mass is 79.9. The molecule has 1 aromatic rings. The zero-order valence-electron chi connectivity index (χ0n) is 11.2. The van der Waals surface area contributed by atoms with Crippen molar-refractivity contribution in [1.29, 1.82) is 0 Å². The van der Waals surface area contributed by atoms with Crippen LogP contribution in [-0.4, -0.2) is 32.8 Å². The molecule has 0 radical (unpaired) electrons. The molecule has 1 N–H and O–H groups in total. The Morgan fingerprint density at radius 3 is 2.89 bits per heavy atom. The number of piperazine rings is 1. The monoisotopic (exact) mass is 312 g/mol. The van der Waals surface area contributed by atoms with Crippen LogP contribution in [-0.2, 0) is 0 Å². The van der Waals surface area contributed by atoms with Gasteiger partial charge in [-0.15, -0.1) is 0 Å². The lowest BCUT2D eigenvalue weighted by Crippen LogP contribution is -2.53. The molecule has 1 atom stereocenters. The van der Waals surface area contributed by atoms with Crippen LogP contribution in [0.1, 0.15) is 13.8 Å². The summed E-state index contributed by atoms with van der Waals surface area (Å²) in [6.07, 6.45) is 0. The average molecular weight is 313 g/mol. The smallest absolute Gasteiger partial charge is 0.142 e. The van der Waals surface area contributed by atoms with Gasteiger partial charge in [0.05, 0.1) is 12.8 Å². The number of ether oxygens (including phenoxy) is 1. The predicted molar refractivity (Wildman–Crippen MR) is 79.5 cm³/mol. The Hall–Kier alpha value is -0.740. The van der Waals surface area contributed by atoms with E-state index in [0.29, 0.717) is 12.0 Å². The van der Waals surface area contributed by atoms with Crippen molar-refractivity contribution in [3.05, 3.63) is 22.7 Å². The number of nitrogens with zero attached hydrogens (tertiary/aromatic N) is 1. The highest BCUT2D eigenvalue weighted by Crippen LogP contribution is 2.32. The van der Waals surface area contributed by atoms with Crippen molar-refractivity contribution < 1.29 is 4.74 Å². The lowest BCUT2D eigenvalue weighted by molar-refractivity contribution is 0.363. The van der Waals surface area contributed by atoms with Crippen molar-refractivity contribution in [2.24, 2.45) is 5.92 Å². The minimum absolute atomic E-state index is 0.544. The number of benzene rings is 1. The molecule has 0 spiro atoms. The molecule has 1 aromatic carbocycles. The van der Waals surface area contributed by atoms with Gasteiger partial charge in [-0.2, -0.15) is 0 Å². The molecule has 2 rings (SSSR count). The topological polar surface area (TPSA) is 24.5 Å². The Labute approximate surface area is 118 Å². The number of anilines is 1. The van der Waals surface area contributed by atoms with E-state index >= 15 is 0 Å². The van der Waals surface area contributed by atoms with Gasteiger partial charge < -0.3 is 15.0 Å². The highest BCUT2D eigenvalue weighted by molar-refractivity contribution is 9.10. The van der Waals surface area contributed by atoms with E-state index in [1.54, 1.807) is 7.11 Å². The van der Waals surface area contributed by atoms with Gasteiger partial charge >= 0.3 is 0 Å². The Morgan fingerprint density at radius 2 is 2.22 bits per heavy atom. The second kappa shape index (κ2) is 5.93. The second-order valence-corrected chi connectivity index (χ2v) is 5.98. The molecule has 1 unspecified atom stereocenters. The van der Waals surface area contributed by atoms with E-state index in [-0.39, 0.29) is 0 Å². The normalized spacial score (nSPS) is 20.3. The number of rotatable bonds is 3. The predicted octanol–water partition coefficient (Wildman–Crippen LogP) is 2.89. The molecule has 1 aliphatic heterocycles. The van der Waals surface area contributed by atoms with Gasteiger partial charge in [-0.05, 0) is 24.1 Å². The van der Waals surface area contributed by atoms with Gasteiger partial charge in [-0.3, -0.25) is 0 Å². The van der Waals surface area contributed by atoms with E-state index < -0.39 is 0 Å². The Morgan fingerprint density at radius 1 is 1.44 bits per heavy atom. The minimum atomic E-state index is 0.544. The van der Waals surface area contributed by atoms with E-state index in [1.807, 2.05) is 12.1 Å². The first-order valence-electron chi connectivity index (χ1n) is 6.43. The zero-order valence-corrected chi connectivity index (χ0v) is 12.8. The molecule has 18 heavy (non-hydrogen) atoms. The van der Waals surface area contributed by atoms with Crippen LogP contribution in [0, 0.1) is 5.92 Å². The summed E-state index contributed by atoms with van der Waals surface area (Å²) in [6, 6.07) is 6.72. The van der Waals surface area contributed by atoms with Crippen LogP contribution in [0.2, 0.25) is 0 Å². The first-order chi connectivity index (χ1) is 8.61. The third kappa shape index (κ3) is 2.98. The molecule has 0 bridgehead atoms. The summed E-state index contributed by atoms with van der Waals surface area (Å²) < 4.78 is 6.56. The minimum Gasteiger partial charge on any atom is -0.495 e. The van der Waals surface area contributed by atoms with Crippen molar-refractivity contribution >= 4 is 21.6 Å². The summed E-state index contributed by atoms with van der Waals surface area (Å²) in [7, 11) is 1.73. The third-order valence-electron chi connectivity index (χ3n) is 3.49. The standard InChI is InChI=1S/C14H21BrN2O/c1-10(2)12-9-17(7-6-16-12)13-8-11(15)4-5-14(13)18-3/h4-5,8,10,12,16H,6-7,9H2,1-3H3. The second-order valence-electron chi connectivity index (χ2n) is 5.07. The van der Waals surface area contributed by atoms with E-state index in [9.17, 15) is 0 Å². The van der Waals surface area contributed by atoms with E-state index in [0.717, 1.165) is 29.9 Å². The molecule has 1 fully saturated rings. The molecule has 0 aliphatic carbocycles. The fourth-order valence-corrected chi connectivity index (χ4v) is 2.70. The maximum atomic E-state index is 5.47. The van der Waals surface area contributed by atoms with E-state index in [1.165, 1.54) is 5.69 Å². The third-order valence-corrected chi connectivity index (χ3v) is 3.98. The van der Waals surface area contributed by atoms with Crippen LogP contribution in [0.5, 0.6) is 5.75 Å². The first-order valence-corrected chi connectivity index (χ1v) is 7.23. The maximum absolute atomic E-state index is 5.47. The molecule has 1 saturated heterocycles. The number of methoxy groups -OCH3 is 1. The summed E-state index contributed by atoms with van der Waals surface area (Å²) in [5.74, 6) is 1.59. The highest BCUT2D eigenvalue weighted by Gasteiger charge is 2.23. The molecule has 3 nitrogen and oxygen atoms in total. The Balaban J connectivity index is 2.22. The van der Waals surface area contributed by atoms with E-state index in [4.69, 9.17) is 4.74 Å². The molecule has 100 valence electrons. The van der Waals surface area contributed by atoms with Crippen LogP contribution in [0.25, 0.3) is 0 Å². The largest absolute Gasteiger partial charge is 0.495 e. The molecule has 1 aliphatic rings. The van der Waals surface area contributed by atoms with E-state index in [2.05, 4.69) is 46.1 Å². The van der Waals surface area contributed by atoms with Crippen molar-refractivity contribution in [2.45, 2.75) is 19.9 Å². The number of nitrogens with one attached hydrogen (secondary N) is 1. The van der Waals surface area contributed by atoms with Crippen LogP contribution >= 0.6 is 15.9 Å². The summed E-state index contributed by atoms with van der Waals surface area (Å²) in [6.45, 7) is 7.61. The summed E-state index contributed by atoms with van der Waals surface area (Å²) in [4.78, 5) is 2.41. The number of halogens is 1. The molecular formula is C14H21BrN2O. The Bertz CT molecular complexity index is 409. The van der Waals surface area contributed by atoms with Crippen LogP contribution in [0.3, 0.4) is 0 Å².